The van der Waals surface area contributed by atoms with Gasteiger partial charge in [0, 0.05) is 18.7 Å². The molecule has 0 aromatic heterocycles. The van der Waals surface area contributed by atoms with Crippen molar-refractivity contribution in [1.29, 1.82) is 0 Å². The Bertz CT molecular complexity index is 521. The van der Waals surface area contributed by atoms with Gasteiger partial charge in [-0.2, -0.15) is 13.2 Å². The van der Waals surface area contributed by atoms with E-state index in [0.29, 0.717) is 0 Å². The van der Waals surface area contributed by atoms with Crippen LogP contribution in [0.5, 0.6) is 0 Å². The van der Waals surface area contributed by atoms with Gasteiger partial charge >= 0.3 is 12.1 Å². The van der Waals surface area contributed by atoms with Gasteiger partial charge in [-0.3, -0.25) is 9.59 Å². The largest absolute Gasteiger partial charge is 0.471 e. The Kier molecular flexibility index (Phi) is 5.64. The van der Waals surface area contributed by atoms with Crippen LogP contribution in [0, 0.1) is 0 Å². The second-order valence-electron chi connectivity index (χ2n) is 3.64. The van der Waals surface area contributed by atoms with Crippen LogP contribution in [-0.4, -0.2) is 31.1 Å². The number of carbonyl (C=O) groups excluding carboxylic acids is 2. The Morgan fingerprint density at radius 1 is 1.05 bits per heavy atom. The Morgan fingerprint density at radius 3 is 2.20 bits per heavy atom. The molecule has 0 saturated heterocycles. The van der Waals surface area contributed by atoms with E-state index < -0.39 is 18.0 Å². The summed E-state index contributed by atoms with van der Waals surface area (Å²) in [4.78, 5) is 22.1. The molecule has 0 saturated carbocycles. The smallest absolute Gasteiger partial charge is 0.350 e. The predicted octanol–water partition coefficient (Wildman–Crippen LogP) is 2.40. The first-order valence-electron chi connectivity index (χ1n) is 5.30. The highest BCUT2D eigenvalue weighted by atomic mass is 35.5. The van der Waals surface area contributed by atoms with Gasteiger partial charge in [0.05, 0.1) is 10.0 Å². The van der Waals surface area contributed by atoms with Gasteiger partial charge in [0.1, 0.15) is 0 Å². The summed E-state index contributed by atoms with van der Waals surface area (Å²) in [7, 11) is 0. The Morgan fingerprint density at radius 2 is 1.65 bits per heavy atom. The van der Waals surface area contributed by atoms with Crippen molar-refractivity contribution in [3.05, 3.63) is 33.8 Å². The van der Waals surface area contributed by atoms with Crippen LogP contribution in [0.15, 0.2) is 18.2 Å². The summed E-state index contributed by atoms with van der Waals surface area (Å²) in [6, 6.07) is 4.16. The van der Waals surface area contributed by atoms with Gasteiger partial charge < -0.3 is 10.6 Å². The Balaban J connectivity index is 2.41. The van der Waals surface area contributed by atoms with Crippen molar-refractivity contribution in [2.24, 2.45) is 0 Å². The standard InChI is InChI=1S/C11H9Cl2F3N2O2/c12-7-2-1-6(5-8(7)13)9(19)17-3-4-18-10(20)11(14,15)16/h1-2,5H,3-4H2,(H,17,19)(H,18,20). The third-order valence-corrected chi connectivity index (χ3v) is 2.87. The van der Waals surface area contributed by atoms with Crippen molar-refractivity contribution in [3.63, 3.8) is 0 Å². The molecule has 1 aromatic carbocycles. The minimum absolute atomic E-state index is 0.152. The van der Waals surface area contributed by atoms with Gasteiger partial charge in [0.15, 0.2) is 0 Å². The summed E-state index contributed by atoms with van der Waals surface area (Å²) in [5.74, 6) is -2.59. The molecule has 0 unspecified atom stereocenters. The van der Waals surface area contributed by atoms with E-state index in [1.165, 1.54) is 18.2 Å². The first-order chi connectivity index (χ1) is 9.21. The molecular formula is C11H9Cl2F3N2O2. The second-order valence-corrected chi connectivity index (χ2v) is 4.45. The van der Waals surface area contributed by atoms with E-state index >= 15 is 0 Å². The van der Waals surface area contributed by atoms with Gasteiger partial charge in [0.25, 0.3) is 5.91 Å². The molecule has 110 valence electrons. The van der Waals surface area contributed by atoms with Gasteiger partial charge in [-0.25, -0.2) is 0 Å². The maximum atomic E-state index is 11.9. The molecule has 0 aliphatic carbocycles. The van der Waals surface area contributed by atoms with Crippen molar-refractivity contribution in [2.45, 2.75) is 6.18 Å². The van der Waals surface area contributed by atoms with Crippen molar-refractivity contribution in [3.8, 4) is 0 Å². The zero-order valence-electron chi connectivity index (χ0n) is 9.85. The number of alkyl halides is 3. The molecule has 2 N–H and O–H groups in total. The summed E-state index contributed by atoms with van der Waals surface area (Å²) in [6.45, 7) is -0.494. The molecule has 0 bridgehead atoms. The number of halogens is 5. The molecule has 0 spiro atoms. The number of rotatable bonds is 4. The van der Waals surface area contributed by atoms with Crippen molar-refractivity contribution in [2.75, 3.05) is 13.1 Å². The maximum Gasteiger partial charge on any atom is 0.471 e. The van der Waals surface area contributed by atoms with Crippen molar-refractivity contribution < 1.29 is 22.8 Å². The topological polar surface area (TPSA) is 58.2 Å². The third kappa shape index (κ3) is 4.90. The molecule has 2 amide bonds. The van der Waals surface area contributed by atoms with E-state index in [1.54, 1.807) is 5.32 Å². The van der Waals surface area contributed by atoms with Crippen LogP contribution in [0.2, 0.25) is 10.0 Å². The van der Waals surface area contributed by atoms with Crippen LogP contribution in [0.25, 0.3) is 0 Å². The lowest BCUT2D eigenvalue weighted by Gasteiger charge is -2.09. The maximum absolute atomic E-state index is 11.9. The van der Waals surface area contributed by atoms with Crippen molar-refractivity contribution in [1.82, 2.24) is 10.6 Å². The molecule has 0 aliphatic heterocycles. The molecule has 0 radical (unpaired) electrons. The molecule has 0 fully saturated rings. The molecular weight excluding hydrogens is 320 g/mol. The minimum Gasteiger partial charge on any atom is -0.350 e. The van der Waals surface area contributed by atoms with Crippen LogP contribution >= 0.6 is 23.2 Å². The summed E-state index contributed by atoms with van der Waals surface area (Å²) >= 11 is 11.4. The lowest BCUT2D eigenvalue weighted by atomic mass is 10.2. The SMILES string of the molecule is O=C(NCCNC(=O)C(F)(F)F)c1ccc(Cl)c(Cl)c1. The highest BCUT2D eigenvalue weighted by molar-refractivity contribution is 6.42. The fraction of sp³-hybridized carbons (Fsp3) is 0.273. The summed E-state index contributed by atoms with van der Waals surface area (Å²) < 4.78 is 35.6. The minimum atomic E-state index is -4.94. The van der Waals surface area contributed by atoms with E-state index in [1.807, 2.05) is 0 Å². The van der Waals surface area contributed by atoms with E-state index in [2.05, 4.69) is 5.32 Å². The number of hydrogen-bond acceptors (Lipinski definition) is 2. The van der Waals surface area contributed by atoms with Gasteiger partial charge in [-0.15, -0.1) is 0 Å². The fourth-order valence-corrected chi connectivity index (χ4v) is 1.49. The average molecular weight is 329 g/mol. The lowest BCUT2D eigenvalue weighted by molar-refractivity contribution is -0.173. The zero-order chi connectivity index (χ0) is 15.3. The van der Waals surface area contributed by atoms with E-state index in [-0.39, 0.29) is 28.7 Å². The normalized spacial score (nSPS) is 11.1. The molecule has 9 heteroatoms. The second kappa shape index (κ2) is 6.81. The van der Waals surface area contributed by atoms with Crippen LogP contribution < -0.4 is 10.6 Å². The third-order valence-electron chi connectivity index (χ3n) is 2.14. The number of benzene rings is 1. The van der Waals surface area contributed by atoms with Gasteiger partial charge in [-0.05, 0) is 18.2 Å². The molecule has 1 rings (SSSR count). The first kappa shape index (κ1) is 16.6. The Labute approximate surface area is 122 Å². The van der Waals surface area contributed by atoms with E-state index in [4.69, 9.17) is 23.2 Å². The molecule has 0 aliphatic rings. The summed E-state index contributed by atoms with van der Waals surface area (Å²) in [5.41, 5.74) is 0.210. The summed E-state index contributed by atoms with van der Waals surface area (Å²) in [5, 5.41) is 4.42. The van der Waals surface area contributed by atoms with E-state index in [9.17, 15) is 22.8 Å². The van der Waals surface area contributed by atoms with Gasteiger partial charge in [-0.1, -0.05) is 23.2 Å². The van der Waals surface area contributed by atoms with Gasteiger partial charge in [0.2, 0.25) is 0 Å². The number of amides is 2. The molecule has 0 heterocycles. The fourth-order valence-electron chi connectivity index (χ4n) is 1.19. The molecule has 4 nitrogen and oxygen atoms in total. The predicted molar refractivity (Wildman–Crippen MR) is 67.9 cm³/mol. The molecule has 1 aromatic rings. The first-order valence-corrected chi connectivity index (χ1v) is 6.05. The highest BCUT2D eigenvalue weighted by Gasteiger charge is 2.38. The lowest BCUT2D eigenvalue weighted by Crippen LogP contribution is -2.41. The highest BCUT2D eigenvalue weighted by Crippen LogP contribution is 2.22. The van der Waals surface area contributed by atoms with Crippen LogP contribution in [0.3, 0.4) is 0 Å². The number of nitrogens with one attached hydrogen (secondary N) is 2. The molecule has 20 heavy (non-hydrogen) atoms. The number of carbonyl (C=O) groups is 2. The average Bonchev–Trinajstić information content (AvgIpc) is 2.36. The van der Waals surface area contributed by atoms with Crippen LogP contribution in [-0.2, 0) is 4.79 Å². The number of hydrogen-bond donors (Lipinski definition) is 2. The zero-order valence-corrected chi connectivity index (χ0v) is 11.4. The van der Waals surface area contributed by atoms with Crippen molar-refractivity contribution >= 4 is 35.0 Å². The van der Waals surface area contributed by atoms with Crippen LogP contribution in [0.1, 0.15) is 10.4 Å². The quantitative estimate of drug-likeness (QED) is 0.834. The van der Waals surface area contributed by atoms with E-state index in [0.717, 1.165) is 0 Å². The Hall–Kier alpha value is -1.47. The molecule has 0 atom stereocenters. The summed E-state index contributed by atoms with van der Waals surface area (Å²) in [6.07, 6.45) is -4.94. The van der Waals surface area contributed by atoms with Crippen LogP contribution in [0.4, 0.5) is 13.2 Å². The monoisotopic (exact) mass is 328 g/mol.